The van der Waals surface area contributed by atoms with Crippen molar-refractivity contribution in [2.45, 2.75) is 70.6 Å². The number of amides is 1. The van der Waals surface area contributed by atoms with Gasteiger partial charge < -0.3 is 15.0 Å². The molecule has 1 aliphatic carbocycles. The molecule has 3 rings (SSSR count). The van der Waals surface area contributed by atoms with Gasteiger partial charge in [0.25, 0.3) is 0 Å². The van der Waals surface area contributed by atoms with Gasteiger partial charge in [0.05, 0.1) is 12.3 Å². The minimum absolute atomic E-state index is 0.00581. The lowest BCUT2D eigenvalue weighted by molar-refractivity contribution is -0.118. The van der Waals surface area contributed by atoms with Crippen molar-refractivity contribution in [3.05, 3.63) is 11.5 Å². The van der Waals surface area contributed by atoms with Crippen LogP contribution in [0.25, 0.3) is 0 Å². The number of carbonyl (C=O) groups is 1. The van der Waals surface area contributed by atoms with Gasteiger partial charge in [0.1, 0.15) is 11.7 Å². The molecule has 2 aliphatic rings. The number of aromatic nitrogens is 2. The van der Waals surface area contributed by atoms with Crippen molar-refractivity contribution in [3.8, 4) is 0 Å². The van der Waals surface area contributed by atoms with Gasteiger partial charge in [-0.25, -0.2) is 4.98 Å². The summed E-state index contributed by atoms with van der Waals surface area (Å²) in [5.41, 5.74) is 0.643. The normalized spacial score (nSPS) is 26.4. The van der Waals surface area contributed by atoms with Gasteiger partial charge in [-0.1, -0.05) is 20.3 Å². The van der Waals surface area contributed by atoms with Crippen LogP contribution in [-0.4, -0.2) is 40.7 Å². The summed E-state index contributed by atoms with van der Waals surface area (Å²) >= 11 is 6.00. The number of hydrogen-bond acceptors (Lipinski definition) is 5. The number of rotatable bonds is 6. The second-order valence-electron chi connectivity index (χ2n) is 6.51. The number of carbonyl (C=O) groups excluding carboxylic acids is 1. The van der Waals surface area contributed by atoms with Crippen LogP contribution in [0.5, 0.6) is 0 Å². The molecule has 0 bridgehead atoms. The Kier molecular flexibility index (Phi) is 5.56. The standard InChI is InChI=1S/C17H25ClN4O2/c1-3-5-8-24-12-7-6-11(9-12)22-14(4-2)16(23)20-13-10-19-17(18)21-15(13)22/h10-12,14H,3-9H2,1-2H3,(H,20,23)/t11?,12?,14-/m1/s1. The number of halogens is 1. The summed E-state index contributed by atoms with van der Waals surface area (Å²) in [6, 6.07) is 0.0280. The van der Waals surface area contributed by atoms with Gasteiger partial charge in [0.2, 0.25) is 11.2 Å². The van der Waals surface area contributed by atoms with Crippen molar-refractivity contribution in [2.24, 2.45) is 0 Å². The maximum Gasteiger partial charge on any atom is 0.247 e. The lowest BCUT2D eigenvalue weighted by atomic mass is 10.0. The van der Waals surface area contributed by atoms with Gasteiger partial charge >= 0.3 is 0 Å². The lowest BCUT2D eigenvalue weighted by Gasteiger charge is -2.40. The van der Waals surface area contributed by atoms with E-state index in [1.165, 1.54) is 0 Å². The number of nitrogens with zero attached hydrogens (tertiary/aromatic N) is 3. The van der Waals surface area contributed by atoms with Crippen molar-refractivity contribution in [1.82, 2.24) is 9.97 Å². The van der Waals surface area contributed by atoms with Gasteiger partial charge in [-0.15, -0.1) is 0 Å². The zero-order valence-corrected chi connectivity index (χ0v) is 15.1. The van der Waals surface area contributed by atoms with Crippen molar-refractivity contribution in [2.75, 3.05) is 16.8 Å². The third-order valence-corrected chi connectivity index (χ3v) is 5.05. The summed E-state index contributed by atoms with van der Waals surface area (Å²) in [4.78, 5) is 23.0. The highest BCUT2D eigenvalue weighted by Gasteiger charge is 2.40. The van der Waals surface area contributed by atoms with E-state index in [4.69, 9.17) is 16.3 Å². The monoisotopic (exact) mass is 352 g/mol. The Hall–Kier alpha value is -1.40. The minimum atomic E-state index is -0.220. The fraction of sp³-hybridized carbons (Fsp3) is 0.706. The van der Waals surface area contributed by atoms with Gasteiger partial charge in [-0.2, -0.15) is 4.98 Å². The van der Waals surface area contributed by atoms with Crippen LogP contribution in [0.15, 0.2) is 6.20 Å². The molecule has 0 aromatic carbocycles. The van der Waals surface area contributed by atoms with Gasteiger partial charge in [-0.05, 0) is 43.7 Å². The molecule has 132 valence electrons. The quantitative estimate of drug-likeness (QED) is 0.627. The second kappa shape index (κ2) is 7.66. The lowest BCUT2D eigenvalue weighted by Crippen LogP contribution is -2.52. The molecule has 1 N–H and O–H groups in total. The smallest absolute Gasteiger partial charge is 0.247 e. The molecule has 2 heterocycles. The van der Waals surface area contributed by atoms with Crippen molar-refractivity contribution in [3.63, 3.8) is 0 Å². The summed E-state index contributed by atoms with van der Waals surface area (Å²) in [6.07, 6.45) is 7.77. The summed E-state index contributed by atoms with van der Waals surface area (Å²) in [6.45, 7) is 5.00. The van der Waals surface area contributed by atoms with E-state index in [1.54, 1.807) is 6.20 Å². The van der Waals surface area contributed by atoms with Crippen LogP contribution in [0.1, 0.15) is 52.4 Å². The van der Waals surface area contributed by atoms with E-state index in [2.05, 4.69) is 27.1 Å². The number of nitrogens with one attached hydrogen (secondary N) is 1. The van der Waals surface area contributed by atoms with Crippen LogP contribution >= 0.6 is 11.6 Å². The summed E-state index contributed by atoms with van der Waals surface area (Å²) in [5.74, 6) is 0.743. The average Bonchev–Trinajstić information content (AvgIpc) is 3.03. The third-order valence-electron chi connectivity index (χ3n) is 4.87. The molecule has 1 saturated carbocycles. The number of hydrogen-bond donors (Lipinski definition) is 1. The first-order valence-electron chi connectivity index (χ1n) is 8.87. The van der Waals surface area contributed by atoms with Gasteiger partial charge in [0.15, 0.2) is 5.82 Å². The Balaban J connectivity index is 1.80. The van der Waals surface area contributed by atoms with Crippen LogP contribution in [0.4, 0.5) is 11.5 Å². The molecule has 2 unspecified atom stereocenters. The van der Waals surface area contributed by atoms with E-state index in [0.29, 0.717) is 5.69 Å². The highest BCUT2D eigenvalue weighted by atomic mass is 35.5. The van der Waals surface area contributed by atoms with E-state index in [1.807, 2.05) is 6.92 Å². The second-order valence-corrected chi connectivity index (χ2v) is 6.85. The molecule has 1 amide bonds. The van der Waals surface area contributed by atoms with E-state index in [0.717, 1.165) is 50.9 Å². The fourth-order valence-electron chi connectivity index (χ4n) is 3.65. The largest absolute Gasteiger partial charge is 0.378 e. The Bertz CT molecular complexity index is 598. The zero-order chi connectivity index (χ0) is 17.1. The molecular weight excluding hydrogens is 328 g/mol. The Labute approximate surface area is 147 Å². The van der Waals surface area contributed by atoms with E-state index in [9.17, 15) is 4.79 Å². The van der Waals surface area contributed by atoms with Crippen molar-refractivity contribution >= 4 is 29.0 Å². The fourth-order valence-corrected chi connectivity index (χ4v) is 3.78. The van der Waals surface area contributed by atoms with Gasteiger partial charge in [-0.3, -0.25) is 4.79 Å². The van der Waals surface area contributed by atoms with Crippen molar-refractivity contribution < 1.29 is 9.53 Å². The number of ether oxygens (including phenoxy) is 1. The van der Waals surface area contributed by atoms with E-state index < -0.39 is 0 Å². The first-order chi connectivity index (χ1) is 11.6. The molecule has 1 aromatic heterocycles. The Morgan fingerprint density at radius 1 is 1.42 bits per heavy atom. The topological polar surface area (TPSA) is 67.3 Å². The Morgan fingerprint density at radius 2 is 2.25 bits per heavy atom. The highest BCUT2D eigenvalue weighted by molar-refractivity contribution is 6.28. The predicted molar refractivity (Wildman–Crippen MR) is 94.5 cm³/mol. The SMILES string of the molecule is CCCCOC1CCC(N2c3nc(Cl)ncc3NC(=O)[C@H]2CC)C1. The third kappa shape index (κ3) is 3.49. The van der Waals surface area contributed by atoms with E-state index in [-0.39, 0.29) is 29.4 Å². The maximum absolute atomic E-state index is 12.5. The van der Waals surface area contributed by atoms with Crippen LogP contribution in [0.2, 0.25) is 5.28 Å². The molecular formula is C17H25ClN4O2. The minimum Gasteiger partial charge on any atom is -0.378 e. The molecule has 0 spiro atoms. The number of unbranched alkanes of at least 4 members (excludes halogenated alkanes) is 1. The molecule has 0 radical (unpaired) electrons. The number of anilines is 2. The van der Waals surface area contributed by atoms with Crippen molar-refractivity contribution in [1.29, 1.82) is 0 Å². The summed E-state index contributed by atoms with van der Waals surface area (Å²) in [5, 5.41) is 3.11. The first kappa shape index (κ1) is 17.4. The summed E-state index contributed by atoms with van der Waals surface area (Å²) < 4.78 is 5.99. The molecule has 1 aromatic rings. The molecule has 0 saturated heterocycles. The molecule has 6 nitrogen and oxygen atoms in total. The molecule has 24 heavy (non-hydrogen) atoms. The first-order valence-corrected chi connectivity index (χ1v) is 9.25. The van der Waals surface area contributed by atoms with Crippen LogP contribution < -0.4 is 10.2 Å². The Morgan fingerprint density at radius 3 is 3.00 bits per heavy atom. The van der Waals surface area contributed by atoms with Crippen LogP contribution in [-0.2, 0) is 9.53 Å². The van der Waals surface area contributed by atoms with Crippen LogP contribution in [0, 0.1) is 0 Å². The molecule has 7 heteroatoms. The molecule has 1 fully saturated rings. The average molecular weight is 353 g/mol. The maximum atomic E-state index is 12.5. The van der Waals surface area contributed by atoms with E-state index >= 15 is 0 Å². The molecule has 3 atom stereocenters. The highest BCUT2D eigenvalue weighted by Crippen LogP contribution is 2.38. The predicted octanol–water partition coefficient (Wildman–Crippen LogP) is 3.40. The summed E-state index contributed by atoms with van der Waals surface area (Å²) in [7, 11) is 0. The molecule has 1 aliphatic heterocycles. The number of fused-ring (bicyclic) bond motifs is 1. The van der Waals surface area contributed by atoms with Gasteiger partial charge in [0, 0.05) is 12.6 Å². The van der Waals surface area contributed by atoms with Crippen LogP contribution in [0.3, 0.4) is 0 Å². The zero-order valence-electron chi connectivity index (χ0n) is 14.3.